The van der Waals surface area contributed by atoms with Gasteiger partial charge in [-0.15, -0.1) is 0 Å². The predicted octanol–water partition coefficient (Wildman–Crippen LogP) is 3.63. The third-order valence-corrected chi connectivity index (χ3v) is 3.02. The molecule has 3 heteroatoms. The van der Waals surface area contributed by atoms with Gasteiger partial charge in [-0.1, -0.05) is 13.8 Å². The van der Waals surface area contributed by atoms with E-state index in [-0.39, 0.29) is 24.4 Å². The summed E-state index contributed by atoms with van der Waals surface area (Å²) in [5, 5.41) is 0. The standard InChI is InChI=1S/C9H14F2O.C2H6/c1-7-2-3-8(6-12-7)4-9(10,11)5-8;1-2/h7H,2-6H2,1H3;1-2H3. The van der Waals surface area contributed by atoms with Gasteiger partial charge in [0.15, 0.2) is 0 Å². The van der Waals surface area contributed by atoms with E-state index >= 15 is 0 Å². The van der Waals surface area contributed by atoms with E-state index in [9.17, 15) is 8.78 Å². The summed E-state index contributed by atoms with van der Waals surface area (Å²) in [6.07, 6.45) is 2.23. The summed E-state index contributed by atoms with van der Waals surface area (Å²) < 4.78 is 30.6. The fraction of sp³-hybridized carbons (Fsp3) is 1.00. The Balaban J connectivity index is 0.000000461. The minimum Gasteiger partial charge on any atom is -0.378 e. The van der Waals surface area contributed by atoms with Gasteiger partial charge in [0.25, 0.3) is 0 Å². The van der Waals surface area contributed by atoms with Gasteiger partial charge in [-0.25, -0.2) is 8.78 Å². The van der Waals surface area contributed by atoms with E-state index in [2.05, 4.69) is 0 Å². The van der Waals surface area contributed by atoms with Gasteiger partial charge in [0, 0.05) is 18.3 Å². The lowest BCUT2D eigenvalue weighted by Crippen LogP contribution is -2.51. The molecule has 0 aromatic carbocycles. The molecule has 1 aliphatic carbocycles. The van der Waals surface area contributed by atoms with Crippen molar-refractivity contribution in [3.63, 3.8) is 0 Å². The predicted molar refractivity (Wildman–Crippen MR) is 52.6 cm³/mol. The number of hydrogen-bond acceptors (Lipinski definition) is 1. The molecule has 1 aliphatic heterocycles. The topological polar surface area (TPSA) is 9.23 Å². The largest absolute Gasteiger partial charge is 0.378 e. The SMILES string of the molecule is CC.CC1CCC2(CO1)CC(F)(F)C2. The molecular weight excluding hydrogens is 186 g/mol. The Hall–Kier alpha value is -0.180. The Kier molecular flexibility index (Phi) is 3.51. The molecule has 1 unspecified atom stereocenters. The van der Waals surface area contributed by atoms with Crippen LogP contribution in [0.5, 0.6) is 0 Å². The maximum atomic E-state index is 12.6. The van der Waals surface area contributed by atoms with Crippen molar-refractivity contribution in [2.45, 2.75) is 58.5 Å². The van der Waals surface area contributed by atoms with Crippen LogP contribution in [-0.4, -0.2) is 18.6 Å². The molecule has 0 N–H and O–H groups in total. The van der Waals surface area contributed by atoms with Crippen LogP contribution in [0.1, 0.15) is 46.5 Å². The van der Waals surface area contributed by atoms with Gasteiger partial charge in [0.2, 0.25) is 5.92 Å². The Morgan fingerprint density at radius 3 is 2.14 bits per heavy atom. The van der Waals surface area contributed by atoms with E-state index in [1.165, 1.54) is 0 Å². The highest BCUT2D eigenvalue weighted by atomic mass is 19.3. The van der Waals surface area contributed by atoms with Gasteiger partial charge in [0.05, 0.1) is 12.7 Å². The second-order valence-corrected chi connectivity index (χ2v) is 4.37. The normalized spacial score (nSPS) is 32.8. The number of hydrogen-bond donors (Lipinski definition) is 0. The number of halogens is 2. The fourth-order valence-electron chi connectivity index (χ4n) is 2.31. The van der Waals surface area contributed by atoms with Crippen LogP contribution in [-0.2, 0) is 4.74 Å². The smallest absolute Gasteiger partial charge is 0.249 e. The minimum absolute atomic E-state index is 0.0483. The van der Waals surface area contributed by atoms with Gasteiger partial charge < -0.3 is 4.74 Å². The summed E-state index contributed by atoms with van der Waals surface area (Å²) in [7, 11) is 0. The van der Waals surface area contributed by atoms with Crippen LogP contribution in [0.3, 0.4) is 0 Å². The van der Waals surface area contributed by atoms with E-state index in [4.69, 9.17) is 4.74 Å². The first-order valence-electron chi connectivity index (χ1n) is 5.51. The molecule has 1 nitrogen and oxygen atoms in total. The van der Waals surface area contributed by atoms with Gasteiger partial charge >= 0.3 is 0 Å². The molecule has 2 aliphatic rings. The van der Waals surface area contributed by atoms with Gasteiger partial charge in [-0.05, 0) is 19.8 Å². The van der Waals surface area contributed by atoms with Crippen molar-refractivity contribution >= 4 is 0 Å². The Morgan fingerprint density at radius 1 is 1.21 bits per heavy atom. The Bertz CT molecular complexity index is 174. The highest BCUT2D eigenvalue weighted by molar-refractivity contribution is 5.00. The van der Waals surface area contributed by atoms with Gasteiger partial charge in [-0.3, -0.25) is 0 Å². The van der Waals surface area contributed by atoms with Gasteiger partial charge in [-0.2, -0.15) is 0 Å². The second-order valence-electron chi connectivity index (χ2n) is 4.37. The van der Waals surface area contributed by atoms with Crippen molar-refractivity contribution in [3.8, 4) is 0 Å². The molecule has 14 heavy (non-hydrogen) atoms. The van der Waals surface area contributed by atoms with E-state index in [1.54, 1.807) is 0 Å². The first-order chi connectivity index (χ1) is 6.52. The van der Waals surface area contributed by atoms with Crippen LogP contribution in [0.4, 0.5) is 8.78 Å². The maximum absolute atomic E-state index is 12.6. The van der Waals surface area contributed by atoms with Crippen LogP contribution < -0.4 is 0 Å². The summed E-state index contributed by atoms with van der Waals surface area (Å²) in [5.41, 5.74) is -0.157. The highest BCUT2D eigenvalue weighted by Gasteiger charge is 2.57. The molecule has 84 valence electrons. The molecule has 2 fully saturated rings. The maximum Gasteiger partial charge on any atom is 0.249 e. The molecule has 0 radical (unpaired) electrons. The third kappa shape index (κ3) is 2.44. The van der Waals surface area contributed by atoms with E-state index in [0.29, 0.717) is 6.61 Å². The molecular formula is C11H20F2O. The van der Waals surface area contributed by atoms with E-state index in [1.807, 2.05) is 20.8 Å². The molecule has 1 saturated carbocycles. The lowest BCUT2D eigenvalue weighted by molar-refractivity contribution is -0.209. The van der Waals surface area contributed by atoms with E-state index in [0.717, 1.165) is 12.8 Å². The molecule has 1 atom stereocenters. The zero-order chi connectivity index (χ0) is 10.8. The molecule has 1 heterocycles. The molecule has 0 amide bonds. The first-order valence-corrected chi connectivity index (χ1v) is 5.51. The molecule has 0 aromatic rings. The summed E-state index contributed by atoms with van der Waals surface area (Å²) in [4.78, 5) is 0. The average Bonchev–Trinajstić information content (AvgIpc) is 2.11. The van der Waals surface area contributed by atoms with Crippen molar-refractivity contribution in [2.24, 2.45) is 5.41 Å². The van der Waals surface area contributed by atoms with Gasteiger partial charge in [0.1, 0.15) is 0 Å². The van der Waals surface area contributed by atoms with Crippen molar-refractivity contribution in [2.75, 3.05) is 6.61 Å². The Labute approximate surface area is 84.8 Å². The number of alkyl halides is 2. The fourth-order valence-corrected chi connectivity index (χ4v) is 2.31. The average molecular weight is 206 g/mol. The Morgan fingerprint density at radius 2 is 1.79 bits per heavy atom. The van der Waals surface area contributed by atoms with Crippen LogP contribution in [0.2, 0.25) is 0 Å². The van der Waals surface area contributed by atoms with Crippen LogP contribution >= 0.6 is 0 Å². The van der Waals surface area contributed by atoms with E-state index < -0.39 is 5.92 Å². The summed E-state index contributed by atoms with van der Waals surface area (Å²) in [6, 6.07) is 0. The van der Waals surface area contributed by atoms with Crippen molar-refractivity contribution in [3.05, 3.63) is 0 Å². The van der Waals surface area contributed by atoms with Crippen molar-refractivity contribution in [1.29, 1.82) is 0 Å². The summed E-state index contributed by atoms with van der Waals surface area (Å²) >= 11 is 0. The summed E-state index contributed by atoms with van der Waals surface area (Å²) in [6.45, 7) is 6.55. The zero-order valence-electron chi connectivity index (χ0n) is 9.28. The number of rotatable bonds is 0. The monoisotopic (exact) mass is 206 g/mol. The molecule has 2 rings (SSSR count). The van der Waals surface area contributed by atoms with Crippen LogP contribution in [0.15, 0.2) is 0 Å². The lowest BCUT2D eigenvalue weighted by atomic mass is 9.63. The first kappa shape index (κ1) is 11.9. The lowest BCUT2D eigenvalue weighted by Gasteiger charge is -2.50. The minimum atomic E-state index is -2.40. The van der Waals surface area contributed by atoms with Crippen LogP contribution in [0.25, 0.3) is 0 Å². The molecule has 0 aromatic heterocycles. The molecule has 1 spiro atoms. The van der Waals surface area contributed by atoms with Crippen molar-refractivity contribution < 1.29 is 13.5 Å². The number of ether oxygens (including phenoxy) is 1. The summed E-state index contributed by atoms with van der Waals surface area (Å²) in [5.74, 6) is -2.40. The highest BCUT2D eigenvalue weighted by Crippen LogP contribution is 2.56. The van der Waals surface area contributed by atoms with Crippen LogP contribution in [0, 0.1) is 5.41 Å². The quantitative estimate of drug-likeness (QED) is 0.588. The third-order valence-electron chi connectivity index (χ3n) is 3.02. The van der Waals surface area contributed by atoms with Crippen molar-refractivity contribution in [1.82, 2.24) is 0 Å². The molecule has 1 saturated heterocycles. The molecule has 0 bridgehead atoms. The second kappa shape index (κ2) is 4.13. The zero-order valence-corrected chi connectivity index (χ0v) is 9.28.